The summed E-state index contributed by atoms with van der Waals surface area (Å²) in [6.45, 7) is 8.79. The van der Waals surface area contributed by atoms with Crippen LogP contribution in [-0.4, -0.2) is 20.6 Å². The molecule has 0 saturated heterocycles. The third-order valence-corrected chi connectivity index (χ3v) is 3.35. The highest BCUT2D eigenvalue weighted by atomic mass is 15.3. The van der Waals surface area contributed by atoms with E-state index >= 15 is 0 Å². The summed E-state index contributed by atoms with van der Waals surface area (Å²) in [5, 5.41) is 7.84. The Kier molecular flexibility index (Phi) is 4.40. The first kappa shape index (κ1) is 13.8. The van der Waals surface area contributed by atoms with Crippen molar-refractivity contribution in [3.8, 4) is 0 Å². The lowest BCUT2D eigenvalue weighted by atomic mass is 10.0. The normalized spacial score (nSPS) is 13.1. The molecule has 1 atom stereocenters. The Labute approximate surface area is 115 Å². The fraction of sp³-hybridized carbons (Fsp3) is 0.600. The number of nitrogens with one attached hydrogen (secondary N) is 1. The second kappa shape index (κ2) is 6.04. The van der Waals surface area contributed by atoms with Gasteiger partial charge in [-0.05, 0) is 37.8 Å². The van der Waals surface area contributed by atoms with Crippen molar-refractivity contribution in [1.82, 2.24) is 14.6 Å². The Bertz CT molecular complexity index is 530. The number of aromatic nitrogens is 3. The summed E-state index contributed by atoms with van der Waals surface area (Å²) in [4.78, 5) is 4.54. The summed E-state index contributed by atoms with van der Waals surface area (Å²) in [6.07, 6.45) is 5.62. The molecule has 19 heavy (non-hydrogen) atoms. The van der Waals surface area contributed by atoms with E-state index in [0.29, 0.717) is 6.04 Å². The molecule has 2 rings (SSSR count). The number of hydrogen-bond donors (Lipinski definition) is 1. The summed E-state index contributed by atoms with van der Waals surface area (Å²) in [5.41, 5.74) is 2.08. The average Bonchev–Trinajstić information content (AvgIpc) is 2.72. The van der Waals surface area contributed by atoms with Gasteiger partial charge in [-0.15, -0.1) is 5.10 Å². The fourth-order valence-electron chi connectivity index (χ4n) is 2.23. The standard InChI is InChI=1S/C15H24N4/c1-11(2)7-5-9-13(4)16-15-17-14-12(3)8-6-10-19(14)18-15/h6,8,10-11,13H,5,7,9H2,1-4H3,(H,16,18). The van der Waals surface area contributed by atoms with Gasteiger partial charge < -0.3 is 5.32 Å². The summed E-state index contributed by atoms with van der Waals surface area (Å²) >= 11 is 0. The number of aryl methyl sites for hydroxylation is 1. The van der Waals surface area contributed by atoms with Gasteiger partial charge in [-0.25, -0.2) is 4.52 Å². The van der Waals surface area contributed by atoms with Crippen LogP contribution in [0.25, 0.3) is 5.65 Å². The lowest BCUT2D eigenvalue weighted by Crippen LogP contribution is -2.16. The van der Waals surface area contributed by atoms with E-state index in [1.807, 2.05) is 16.8 Å². The van der Waals surface area contributed by atoms with Crippen LogP contribution in [0.2, 0.25) is 0 Å². The quantitative estimate of drug-likeness (QED) is 0.861. The van der Waals surface area contributed by atoms with Gasteiger partial charge in [-0.1, -0.05) is 32.8 Å². The van der Waals surface area contributed by atoms with Gasteiger partial charge >= 0.3 is 0 Å². The average molecular weight is 260 g/mol. The van der Waals surface area contributed by atoms with Crippen molar-refractivity contribution in [2.75, 3.05) is 5.32 Å². The van der Waals surface area contributed by atoms with Crippen molar-refractivity contribution >= 4 is 11.6 Å². The molecular weight excluding hydrogens is 236 g/mol. The van der Waals surface area contributed by atoms with Crippen molar-refractivity contribution in [1.29, 1.82) is 0 Å². The summed E-state index contributed by atoms with van der Waals surface area (Å²) in [6, 6.07) is 4.46. The number of rotatable bonds is 6. The molecule has 0 fully saturated rings. The van der Waals surface area contributed by atoms with Crippen LogP contribution in [-0.2, 0) is 0 Å². The zero-order chi connectivity index (χ0) is 13.8. The smallest absolute Gasteiger partial charge is 0.243 e. The van der Waals surface area contributed by atoms with Crippen LogP contribution in [0.15, 0.2) is 18.3 Å². The van der Waals surface area contributed by atoms with Crippen molar-refractivity contribution in [2.45, 2.75) is 53.0 Å². The summed E-state index contributed by atoms with van der Waals surface area (Å²) in [5.74, 6) is 1.51. The third-order valence-electron chi connectivity index (χ3n) is 3.35. The first-order valence-electron chi connectivity index (χ1n) is 7.15. The molecule has 0 radical (unpaired) electrons. The maximum absolute atomic E-state index is 4.54. The fourth-order valence-corrected chi connectivity index (χ4v) is 2.23. The van der Waals surface area contributed by atoms with Gasteiger partial charge in [0.2, 0.25) is 5.95 Å². The number of fused-ring (bicyclic) bond motifs is 1. The number of hydrogen-bond acceptors (Lipinski definition) is 3. The Morgan fingerprint density at radius 1 is 1.26 bits per heavy atom. The first-order chi connectivity index (χ1) is 9.06. The topological polar surface area (TPSA) is 42.2 Å². The van der Waals surface area contributed by atoms with Crippen LogP contribution >= 0.6 is 0 Å². The minimum Gasteiger partial charge on any atom is -0.350 e. The highest BCUT2D eigenvalue weighted by molar-refractivity contribution is 5.49. The van der Waals surface area contributed by atoms with Crippen molar-refractivity contribution in [2.24, 2.45) is 5.92 Å². The largest absolute Gasteiger partial charge is 0.350 e. The minimum absolute atomic E-state index is 0.413. The van der Waals surface area contributed by atoms with E-state index in [4.69, 9.17) is 0 Å². The van der Waals surface area contributed by atoms with Crippen molar-refractivity contribution in [3.05, 3.63) is 23.9 Å². The molecule has 2 aromatic heterocycles. The van der Waals surface area contributed by atoms with Crippen LogP contribution < -0.4 is 5.32 Å². The van der Waals surface area contributed by atoms with E-state index in [1.54, 1.807) is 0 Å². The maximum atomic E-state index is 4.54. The SMILES string of the molecule is Cc1cccn2nc(NC(C)CCCC(C)C)nc12. The van der Waals surface area contributed by atoms with Crippen molar-refractivity contribution in [3.63, 3.8) is 0 Å². The Morgan fingerprint density at radius 3 is 2.74 bits per heavy atom. The van der Waals surface area contributed by atoms with Crippen LogP contribution in [0, 0.1) is 12.8 Å². The van der Waals surface area contributed by atoms with E-state index in [0.717, 1.165) is 29.5 Å². The van der Waals surface area contributed by atoms with E-state index in [9.17, 15) is 0 Å². The van der Waals surface area contributed by atoms with E-state index < -0.39 is 0 Å². The van der Waals surface area contributed by atoms with E-state index in [-0.39, 0.29) is 0 Å². The molecule has 0 spiro atoms. The lowest BCUT2D eigenvalue weighted by molar-refractivity contribution is 0.519. The van der Waals surface area contributed by atoms with Gasteiger partial charge in [0.1, 0.15) is 0 Å². The second-order valence-corrected chi connectivity index (χ2v) is 5.76. The molecule has 1 N–H and O–H groups in total. The molecule has 0 bridgehead atoms. The molecule has 4 nitrogen and oxygen atoms in total. The lowest BCUT2D eigenvalue weighted by Gasteiger charge is -2.12. The molecule has 0 aliphatic rings. The van der Waals surface area contributed by atoms with Gasteiger partial charge in [0.15, 0.2) is 5.65 Å². The number of pyridine rings is 1. The predicted molar refractivity (Wildman–Crippen MR) is 79.5 cm³/mol. The molecule has 2 aromatic rings. The molecule has 0 aliphatic carbocycles. The third kappa shape index (κ3) is 3.69. The van der Waals surface area contributed by atoms with Crippen LogP contribution in [0.1, 0.15) is 45.6 Å². The van der Waals surface area contributed by atoms with E-state index in [1.165, 1.54) is 12.8 Å². The molecule has 0 saturated carbocycles. The number of nitrogens with zero attached hydrogens (tertiary/aromatic N) is 3. The zero-order valence-corrected chi connectivity index (χ0v) is 12.3. The zero-order valence-electron chi connectivity index (χ0n) is 12.3. The molecule has 0 aromatic carbocycles. The van der Waals surface area contributed by atoms with Crippen LogP contribution in [0.3, 0.4) is 0 Å². The second-order valence-electron chi connectivity index (χ2n) is 5.76. The molecular formula is C15H24N4. The maximum Gasteiger partial charge on any atom is 0.243 e. The first-order valence-corrected chi connectivity index (χ1v) is 7.15. The Morgan fingerprint density at radius 2 is 2.05 bits per heavy atom. The molecule has 2 heterocycles. The molecule has 4 heteroatoms. The highest BCUT2D eigenvalue weighted by Crippen LogP contribution is 2.13. The Hall–Kier alpha value is -1.58. The Balaban J connectivity index is 1.95. The summed E-state index contributed by atoms with van der Waals surface area (Å²) in [7, 11) is 0. The van der Waals surface area contributed by atoms with Gasteiger partial charge in [-0.2, -0.15) is 4.98 Å². The van der Waals surface area contributed by atoms with Crippen LogP contribution in [0.4, 0.5) is 5.95 Å². The number of anilines is 1. The molecule has 104 valence electrons. The minimum atomic E-state index is 0.413. The van der Waals surface area contributed by atoms with Crippen LogP contribution in [0.5, 0.6) is 0 Å². The summed E-state index contributed by atoms with van der Waals surface area (Å²) < 4.78 is 1.83. The van der Waals surface area contributed by atoms with Gasteiger partial charge in [0.05, 0.1) is 0 Å². The predicted octanol–water partition coefficient (Wildman–Crippen LogP) is 3.66. The van der Waals surface area contributed by atoms with Gasteiger partial charge in [0, 0.05) is 12.2 Å². The molecule has 0 aliphatic heterocycles. The van der Waals surface area contributed by atoms with E-state index in [2.05, 4.69) is 49.2 Å². The molecule has 1 unspecified atom stereocenters. The highest BCUT2D eigenvalue weighted by Gasteiger charge is 2.08. The molecule has 0 amide bonds. The van der Waals surface area contributed by atoms with Gasteiger partial charge in [-0.3, -0.25) is 0 Å². The monoisotopic (exact) mass is 260 g/mol. The van der Waals surface area contributed by atoms with Gasteiger partial charge in [0.25, 0.3) is 0 Å². The van der Waals surface area contributed by atoms with Crippen molar-refractivity contribution < 1.29 is 0 Å².